The van der Waals surface area contributed by atoms with E-state index >= 15 is 0 Å². The highest BCUT2D eigenvalue weighted by Crippen LogP contribution is 2.32. The predicted octanol–water partition coefficient (Wildman–Crippen LogP) is 0.993. The minimum atomic E-state index is -4.47. The monoisotopic (exact) mass is 479 g/mol. The minimum Gasteiger partial charge on any atom is -0.395 e. The molecule has 1 heterocycles. The second-order valence-corrected chi connectivity index (χ2v) is 7.31. The number of aliphatic hydroxyl groups is 6. The van der Waals surface area contributed by atoms with Gasteiger partial charge in [0.1, 0.15) is 27.2 Å². The topological polar surface area (TPSA) is 157 Å². The smallest absolute Gasteiger partial charge is 0.119 e. The van der Waals surface area contributed by atoms with E-state index in [1.54, 1.807) is 0 Å². The van der Waals surface area contributed by atoms with Gasteiger partial charge in [-0.05, 0) is 31.5 Å². The number of allylic oxidation sites excluding steroid dienone is 1. The van der Waals surface area contributed by atoms with E-state index in [0.717, 1.165) is 12.8 Å². The molecule has 8 heteroatoms. The molecule has 0 bridgehead atoms. The highest BCUT2D eigenvalue weighted by atomic mass is 16.5. The molecule has 2 unspecified atom stereocenters. The summed E-state index contributed by atoms with van der Waals surface area (Å²) in [6.07, 6.45) is -33.0. The summed E-state index contributed by atoms with van der Waals surface area (Å²) in [5.41, 5.74) is -1.08. The molecule has 8 atom stereocenters. The molecule has 1 saturated heterocycles. The van der Waals surface area contributed by atoms with Crippen LogP contribution in [0.4, 0.5) is 0 Å². The molecule has 8 nitrogen and oxygen atoms in total. The van der Waals surface area contributed by atoms with Crippen molar-refractivity contribution in [1.29, 1.82) is 0 Å². The summed E-state index contributed by atoms with van der Waals surface area (Å²) in [4.78, 5) is 0. The number of rotatable bonds is 18. The van der Waals surface area contributed by atoms with Gasteiger partial charge < -0.3 is 41.1 Å². The molecule has 8 N–H and O–H groups in total. The van der Waals surface area contributed by atoms with E-state index in [-0.39, 0.29) is 6.42 Å². The first-order valence-electron chi connectivity index (χ1n) is 19.4. The maximum Gasteiger partial charge on any atom is 0.119 e. The van der Waals surface area contributed by atoms with Crippen molar-refractivity contribution in [1.82, 2.24) is 0 Å². The predicted molar refractivity (Wildman–Crippen MR) is 124 cm³/mol. The van der Waals surface area contributed by atoms with Gasteiger partial charge in [-0.15, -0.1) is 0 Å². The van der Waals surface area contributed by atoms with Crippen LogP contribution in [0.5, 0.6) is 0 Å². The van der Waals surface area contributed by atoms with Gasteiger partial charge in [-0.25, -0.2) is 0 Å². The van der Waals surface area contributed by atoms with Gasteiger partial charge in [-0.3, -0.25) is 0 Å². The van der Waals surface area contributed by atoms with Crippen molar-refractivity contribution in [3.63, 3.8) is 0 Å². The molecule has 1 fully saturated rings. The zero-order valence-corrected chi connectivity index (χ0v) is 18.0. The highest BCUT2D eigenvalue weighted by Gasteiger charge is 2.45. The van der Waals surface area contributed by atoms with Gasteiger partial charge in [0.2, 0.25) is 0 Å². The van der Waals surface area contributed by atoms with E-state index < -0.39 is 118 Å². The molecule has 0 spiro atoms. The van der Waals surface area contributed by atoms with Gasteiger partial charge in [-0.1, -0.05) is 63.9 Å². The summed E-state index contributed by atoms with van der Waals surface area (Å²) in [6, 6.07) is -8.73. The van der Waals surface area contributed by atoms with Crippen LogP contribution in [0.2, 0.25) is 2.82 Å². The summed E-state index contributed by atoms with van der Waals surface area (Å²) < 4.78 is 152. The van der Waals surface area contributed by atoms with E-state index in [0.29, 0.717) is 12.8 Å². The van der Waals surface area contributed by atoms with Crippen molar-refractivity contribution in [2.75, 3.05) is 13.2 Å². The van der Waals surface area contributed by atoms with Crippen molar-refractivity contribution in [2.24, 2.45) is 11.6 Å². The Labute approximate surface area is 218 Å². The Balaban J connectivity index is 3.89. The first kappa shape index (κ1) is 11.9. The van der Waals surface area contributed by atoms with Gasteiger partial charge in [0, 0.05) is 13.7 Å². The zero-order chi connectivity index (χ0) is 39.9. The SMILES string of the molecule is [2H]/C(=C(/[2H])[C@@]([2H])(O)[C@@]([2H])(N([2H])[2H])C([2H])([2H])O)C([2H])([2H])C([2H])([2H])C([2H])([2H])C([2H])([2H])C([2H])([2H])C(CCCCCCC)C1O[C@H](CO)[C@@H](O)[C@H](O)[C@H]1O. The molecule has 0 radical (unpaired) electrons. The largest absolute Gasteiger partial charge is 0.395 e. The fourth-order valence-corrected chi connectivity index (χ4v) is 3.17. The van der Waals surface area contributed by atoms with Crippen LogP contribution in [-0.4, -0.2) is 86.4 Å². The lowest BCUT2D eigenvalue weighted by atomic mass is 9.82. The Kier molecular flexibility index (Phi) is 6.30. The fourth-order valence-electron chi connectivity index (χ4n) is 3.17. The van der Waals surface area contributed by atoms with E-state index in [1.165, 1.54) is 0 Å². The van der Waals surface area contributed by atoms with Crippen molar-refractivity contribution in [3.8, 4) is 0 Å². The summed E-state index contributed by atoms with van der Waals surface area (Å²) in [6.45, 7) is -3.28. The number of ether oxygens (including phenoxy) is 1. The van der Waals surface area contributed by atoms with Crippen LogP contribution in [0.3, 0.4) is 0 Å². The molecule has 0 aliphatic carbocycles. The van der Waals surface area contributed by atoms with Crippen LogP contribution in [-0.2, 0) is 4.74 Å². The van der Waals surface area contributed by atoms with Gasteiger partial charge >= 0.3 is 0 Å². The van der Waals surface area contributed by atoms with Gasteiger partial charge in [-0.2, -0.15) is 0 Å². The van der Waals surface area contributed by atoms with Crippen molar-refractivity contribution in [3.05, 3.63) is 12.1 Å². The van der Waals surface area contributed by atoms with E-state index in [9.17, 15) is 30.6 Å². The van der Waals surface area contributed by atoms with Crippen molar-refractivity contribution in [2.45, 2.75) is 120 Å². The molecule has 1 aliphatic rings. The maximum atomic E-state index is 10.8. The Morgan fingerprint density at radius 3 is 2.50 bits per heavy atom. The van der Waals surface area contributed by atoms with E-state index in [2.05, 4.69) is 0 Å². The molecule has 32 heavy (non-hydrogen) atoms. The third kappa shape index (κ3) is 10.1. The third-order valence-electron chi connectivity index (χ3n) is 4.96. The van der Waals surface area contributed by atoms with Crippen molar-refractivity contribution < 1.29 is 60.1 Å². The number of hydrogen-bond donors (Lipinski definition) is 7. The molecule has 0 aromatic carbocycles. The normalized spacial score (nSPS) is 42.9. The standard InChI is InChI=1S/C24H47NO7/c1-2-3-4-6-9-12-17(24-23(31)22(30)21(29)20(16-27)32-24)13-10-7-5-8-11-14-19(28)18(25)15-26/h11,14,17-24,26-31H,2-10,12-13,15-16,25H2,1H3/b14-11+/t17?,18-,19+,20+,21+,22-,23+,24?/m0/s1/i5D2,7D2,8D2,10D2,11D,13D2,14D,15D2,18D,19D/hD2. The van der Waals surface area contributed by atoms with E-state index in [4.69, 9.17) is 29.5 Å². The molecule has 1 rings (SSSR count). The number of nitrogens with two attached hydrogens (primary N) is 1. The molecule has 0 aromatic rings. The average molecular weight is 480 g/mol. The van der Waals surface area contributed by atoms with Crippen LogP contribution < -0.4 is 5.72 Å². The number of hydrogen-bond acceptors (Lipinski definition) is 8. The molecule has 0 amide bonds. The van der Waals surface area contributed by atoms with Crippen LogP contribution in [0.15, 0.2) is 12.1 Å². The second-order valence-electron chi connectivity index (χ2n) is 7.31. The Hall–Kier alpha value is -0.580. The van der Waals surface area contributed by atoms with Crippen LogP contribution in [0.1, 0.15) is 99.2 Å². The molecule has 1 aliphatic heterocycles. The lowest BCUT2D eigenvalue weighted by Crippen LogP contribution is -2.60. The molecule has 0 saturated carbocycles. The number of aliphatic hydroxyl groups excluding tert-OH is 4. The van der Waals surface area contributed by atoms with E-state index in [1.807, 2.05) is 6.92 Å². The second kappa shape index (κ2) is 16.9. The minimum absolute atomic E-state index is 0.0894. The third-order valence-corrected chi connectivity index (χ3v) is 4.96. The average Bonchev–Trinajstić information content (AvgIpc) is 2.99. The lowest BCUT2D eigenvalue weighted by Gasteiger charge is -2.43. The Morgan fingerprint density at radius 1 is 1.09 bits per heavy atom. The first-order chi connectivity index (χ1) is 22.2. The fraction of sp³-hybridized carbons (Fsp3) is 0.917. The summed E-state index contributed by atoms with van der Waals surface area (Å²) >= 11 is 0. The highest BCUT2D eigenvalue weighted by molar-refractivity contribution is 4.95. The Bertz CT molecular complexity index is 1170. The molecular weight excluding hydrogens is 414 g/mol. The van der Waals surface area contributed by atoms with Crippen molar-refractivity contribution >= 4 is 0 Å². The molecule has 190 valence electrons. The number of unbranched alkanes of at least 4 members (excludes halogenated alkanes) is 4. The summed E-state index contributed by atoms with van der Waals surface area (Å²) in [5, 5.41) is 61.4. The maximum absolute atomic E-state index is 10.8. The summed E-state index contributed by atoms with van der Waals surface area (Å²) in [7, 11) is 0. The molecular formula is C24H47NO7. The van der Waals surface area contributed by atoms with Gasteiger partial charge in [0.05, 0.1) is 39.6 Å². The summed E-state index contributed by atoms with van der Waals surface area (Å²) in [5.74, 6) is -1.99. The first-order valence-corrected chi connectivity index (χ1v) is 10.5. The van der Waals surface area contributed by atoms with Crippen LogP contribution in [0, 0.1) is 5.92 Å². The quantitative estimate of drug-likeness (QED) is 0.113. The van der Waals surface area contributed by atoms with Gasteiger partial charge in [0.25, 0.3) is 0 Å². The lowest BCUT2D eigenvalue weighted by molar-refractivity contribution is -0.242. The zero-order valence-electron chi connectivity index (χ0n) is 36.0. The van der Waals surface area contributed by atoms with Gasteiger partial charge in [0.15, 0.2) is 0 Å². The van der Waals surface area contributed by atoms with Crippen LogP contribution in [0.25, 0.3) is 0 Å². The molecule has 0 aromatic heterocycles. The van der Waals surface area contributed by atoms with Crippen LogP contribution >= 0.6 is 0 Å². The Morgan fingerprint density at radius 2 is 1.84 bits per heavy atom.